The van der Waals surface area contributed by atoms with E-state index in [1.807, 2.05) is 75.4 Å². The molecular formula is C22H25NO4. The Kier molecular flexibility index (Phi) is 5.51. The molecule has 1 aromatic heterocycles. The molecule has 142 valence electrons. The zero-order chi connectivity index (χ0) is 19.4. The maximum absolute atomic E-state index is 12.7. The molecule has 0 radical (unpaired) electrons. The predicted molar refractivity (Wildman–Crippen MR) is 105 cm³/mol. The van der Waals surface area contributed by atoms with Gasteiger partial charge in [0.05, 0.1) is 13.7 Å². The first kappa shape index (κ1) is 19.0. The molecule has 1 heterocycles. The largest absolute Gasteiger partial charge is 0.497 e. The van der Waals surface area contributed by atoms with E-state index in [9.17, 15) is 4.79 Å². The van der Waals surface area contributed by atoms with Crippen LogP contribution in [0.25, 0.3) is 11.0 Å². The first-order valence-corrected chi connectivity index (χ1v) is 8.93. The molecule has 3 aromatic rings. The van der Waals surface area contributed by atoms with Gasteiger partial charge in [-0.05, 0) is 50.6 Å². The maximum Gasteiger partial charge on any atom is 0.328 e. The third kappa shape index (κ3) is 4.89. The fourth-order valence-corrected chi connectivity index (χ4v) is 2.84. The van der Waals surface area contributed by atoms with E-state index in [0.717, 1.165) is 28.0 Å². The molecule has 27 heavy (non-hydrogen) atoms. The Morgan fingerprint density at radius 2 is 1.85 bits per heavy atom. The van der Waals surface area contributed by atoms with Crippen LogP contribution in [0, 0.1) is 0 Å². The van der Waals surface area contributed by atoms with Crippen LogP contribution in [0.5, 0.6) is 5.75 Å². The number of rotatable bonds is 6. The fourth-order valence-electron chi connectivity index (χ4n) is 2.84. The minimum Gasteiger partial charge on any atom is -0.497 e. The molecule has 0 saturated carbocycles. The first-order chi connectivity index (χ1) is 12.9. The Morgan fingerprint density at radius 3 is 2.52 bits per heavy atom. The van der Waals surface area contributed by atoms with Crippen LogP contribution in [-0.4, -0.2) is 18.7 Å². The van der Waals surface area contributed by atoms with Crippen molar-refractivity contribution in [2.24, 2.45) is 0 Å². The standard InChI is InChI=1S/C22H25NO4/c1-22(2,3)27-21(24)20(15-8-6-5-7-9-15)23-14-18-13-16-12-17(25-4)10-11-19(16)26-18/h5-13,20,23H,14H2,1-4H3/t20-/m1/s1. The van der Waals surface area contributed by atoms with Crippen LogP contribution < -0.4 is 10.1 Å². The molecule has 0 aliphatic carbocycles. The predicted octanol–water partition coefficient (Wildman–Crippen LogP) is 4.61. The average molecular weight is 367 g/mol. The zero-order valence-corrected chi connectivity index (χ0v) is 16.1. The normalized spacial score (nSPS) is 12.7. The van der Waals surface area contributed by atoms with E-state index in [1.165, 1.54) is 0 Å². The van der Waals surface area contributed by atoms with Crippen LogP contribution in [-0.2, 0) is 16.1 Å². The summed E-state index contributed by atoms with van der Waals surface area (Å²) in [5.41, 5.74) is 1.08. The van der Waals surface area contributed by atoms with Gasteiger partial charge in [0.25, 0.3) is 0 Å². The second kappa shape index (κ2) is 7.84. The molecule has 1 N–H and O–H groups in total. The smallest absolute Gasteiger partial charge is 0.328 e. The van der Waals surface area contributed by atoms with Crippen molar-refractivity contribution in [3.63, 3.8) is 0 Å². The second-order valence-corrected chi connectivity index (χ2v) is 7.37. The van der Waals surface area contributed by atoms with Gasteiger partial charge in [-0.25, -0.2) is 4.79 Å². The Morgan fingerprint density at radius 1 is 1.11 bits per heavy atom. The number of carbonyl (C=O) groups excluding carboxylic acids is 1. The lowest BCUT2D eigenvalue weighted by molar-refractivity contribution is -0.157. The van der Waals surface area contributed by atoms with Gasteiger partial charge in [0.1, 0.15) is 28.7 Å². The van der Waals surface area contributed by atoms with Gasteiger partial charge >= 0.3 is 5.97 Å². The average Bonchev–Trinajstić information content (AvgIpc) is 3.03. The van der Waals surface area contributed by atoms with E-state index in [4.69, 9.17) is 13.9 Å². The van der Waals surface area contributed by atoms with Crippen molar-refractivity contribution in [1.29, 1.82) is 0 Å². The SMILES string of the molecule is COc1ccc2oc(CN[C@@H](C(=O)OC(C)(C)C)c3ccccc3)cc2c1. The molecule has 5 nitrogen and oxygen atoms in total. The number of benzene rings is 2. The summed E-state index contributed by atoms with van der Waals surface area (Å²) in [6, 6.07) is 16.6. The van der Waals surface area contributed by atoms with E-state index in [1.54, 1.807) is 7.11 Å². The highest BCUT2D eigenvalue weighted by Crippen LogP contribution is 2.25. The number of ether oxygens (including phenoxy) is 2. The third-order valence-corrected chi connectivity index (χ3v) is 4.03. The minimum atomic E-state index is -0.576. The maximum atomic E-state index is 12.7. The van der Waals surface area contributed by atoms with Gasteiger partial charge in [-0.2, -0.15) is 0 Å². The topological polar surface area (TPSA) is 60.7 Å². The van der Waals surface area contributed by atoms with E-state index < -0.39 is 11.6 Å². The van der Waals surface area contributed by atoms with E-state index in [-0.39, 0.29) is 5.97 Å². The number of nitrogens with one attached hydrogen (secondary N) is 1. The summed E-state index contributed by atoms with van der Waals surface area (Å²) in [5, 5.41) is 4.22. The number of hydrogen-bond acceptors (Lipinski definition) is 5. The summed E-state index contributed by atoms with van der Waals surface area (Å²) in [5.74, 6) is 1.20. The summed E-state index contributed by atoms with van der Waals surface area (Å²) >= 11 is 0. The molecule has 0 unspecified atom stereocenters. The summed E-state index contributed by atoms with van der Waals surface area (Å²) < 4.78 is 16.7. The number of carbonyl (C=O) groups is 1. The monoisotopic (exact) mass is 367 g/mol. The number of esters is 1. The highest BCUT2D eigenvalue weighted by Gasteiger charge is 2.26. The fraction of sp³-hybridized carbons (Fsp3) is 0.318. The summed E-state index contributed by atoms with van der Waals surface area (Å²) in [6.07, 6.45) is 0. The lowest BCUT2D eigenvalue weighted by Crippen LogP contribution is -2.34. The van der Waals surface area contributed by atoms with Gasteiger partial charge in [-0.1, -0.05) is 30.3 Å². The molecule has 0 aliphatic rings. The Labute approximate surface area is 159 Å². The highest BCUT2D eigenvalue weighted by molar-refractivity contribution is 5.80. The van der Waals surface area contributed by atoms with Crippen LogP contribution in [0.2, 0.25) is 0 Å². The molecule has 0 spiro atoms. The van der Waals surface area contributed by atoms with Gasteiger partial charge in [0.15, 0.2) is 0 Å². The van der Waals surface area contributed by atoms with E-state index >= 15 is 0 Å². The van der Waals surface area contributed by atoms with Crippen LogP contribution in [0.3, 0.4) is 0 Å². The molecule has 0 aliphatic heterocycles. The van der Waals surface area contributed by atoms with Crippen molar-refractivity contribution >= 4 is 16.9 Å². The van der Waals surface area contributed by atoms with Gasteiger partial charge < -0.3 is 13.9 Å². The van der Waals surface area contributed by atoms with E-state index in [2.05, 4.69) is 5.32 Å². The van der Waals surface area contributed by atoms with Crippen molar-refractivity contribution < 1.29 is 18.7 Å². The number of furan rings is 1. The quantitative estimate of drug-likeness (QED) is 0.645. The molecular weight excluding hydrogens is 342 g/mol. The molecule has 3 rings (SSSR count). The molecule has 1 atom stereocenters. The molecule has 2 aromatic carbocycles. The molecule has 0 amide bonds. The van der Waals surface area contributed by atoms with Gasteiger partial charge in [0, 0.05) is 5.39 Å². The van der Waals surface area contributed by atoms with Gasteiger partial charge in [0.2, 0.25) is 0 Å². The zero-order valence-electron chi connectivity index (χ0n) is 16.1. The number of hydrogen-bond donors (Lipinski definition) is 1. The van der Waals surface area contributed by atoms with Crippen LogP contribution in [0.1, 0.15) is 38.1 Å². The van der Waals surface area contributed by atoms with Crippen LogP contribution >= 0.6 is 0 Å². The number of fused-ring (bicyclic) bond motifs is 1. The molecule has 0 fully saturated rings. The minimum absolute atomic E-state index is 0.313. The van der Waals surface area contributed by atoms with Crippen molar-refractivity contribution in [2.75, 3.05) is 7.11 Å². The lowest BCUT2D eigenvalue weighted by Gasteiger charge is -2.24. The molecule has 5 heteroatoms. The summed E-state index contributed by atoms with van der Waals surface area (Å²) in [4.78, 5) is 12.7. The Bertz CT molecular complexity index is 909. The molecule has 0 saturated heterocycles. The van der Waals surface area contributed by atoms with Gasteiger partial charge in [-0.15, -0.1) is 0 Å². The third-order valence-electron chi connectivity index (χ3n) is 4.03. The van der Waals surface area contributed by atoms with Crippen molar-refractivity contribution in [2.45, 2.75) is 39.0 Å². The van der Waals surface area contributed by atoms with Crippen LogP contribution in [0.15, 0.2) is 59.0 Å². The highest BCUT2D eigenvalue weighted by atomic mass is 16.6. The van der Waals surface area contributed by atoms with Crippen molar-refractivity contribution in [3.05, 3.63) is 65.9 Å². The summed E-state index contributed by atoms with van der Waals surface area (Å²) in [6.45, 7) is 5.98. The summed E-state index contributed by atoms with van der Waals surface area (Å²) in [7, 11) is 1.63. The van der Waals surface area contributed by atoms with E-state index in [0.29, 0.717) is 6.54 Å². The number of methoxy groups -OCH3 is 1. The van der Waals surface area contributed by atoms with Crippen LogP contribution in [0.4, 0.5) is 0 Å². The van der Waals surface area contributed by atoms with Crippen molar-refractivity contribution in [1.82, 2.24) is 5.32 Å². The second-order valence-electron chi connectivity index (χ2n) is 7.37. The Balaban J connectivity index is 1.79. The lowest BCUT2D eigenvalue weighted by atomic mass is 10.1. The van der Waals surface area contributed by atoms with Gasteiger partial charge in [-0.3, -0.25) is 5.32 Å². The Hall–Kier alpha value is -2.79. The van der Waals surface area contributed by atoms with Crippen molar-refractivity contribution in [3.8, 4) is 5.75 Å². The first-order valence-electron chi connectivity index (χ1n) is 8.93. The molecule has 0 bridgehead atoms.